The van der Waals surface area contributed by atoms with Crippen LogP contribution in [0.1, 0.15) is 15.9 Å². The fraction of sp³-hybridized carbons (Fsp3) is 0.0476. The number of anilines is 2. The predicted molar refractivity (Wildman–Crippen MR) is 112 cm³/mol. The molecule has 3 amide bonds. The lowest BCUT2D eigenvalue weighted by molar-refractivity contribution is 0.0965. The van der Waals surface area contributed by atoms with Gasteiger partial charge < -0.3 is 16.0 Å². The molecule has 4 rings (SSSR count). The Morgan fingerprint density at radius 3 is 2.46 bits per heavy atom. The normalized spacial score (nSPS) is 12.3. The Morgan fingerprint density at radius 2 is 1.68 bits per heavy atom. The van der Waals surface area contributed by atoms with Crippen molar-refractivity contribution in [3.8, 4) is 11.1 Å². The van der Waals surface area contributed by atoms with Crippen molar-refractivity contribution in [1.29, 1.82) is 0 Å². The third-order valence-corrected chi connectivity index (χ3v) is 5.04. The van der Waals surface area contributed by atoms with Crippen LogP contribution >= 0.6 is 23.2 Å². The first kappa shape index (κ1) is 18.3. The van der Waals surface area contributed by atoms with E-state index in [1.807, 2.05) is 30.3 Å². The molecule has 0 fully saturated rings. The molecule has 0 radical (unpaired) electrons. The number of benzene rings is 3. The van der Waals surface area contributed by atoms with E-state index in [9.17, 15) is 9.59 Å². The van der Waals surface area contributed by atoms with Crippen LogP contribution in [-0.4, -0.2) is 11.9 Å². The summed E-state index contributed by atoms with van der Waals surface area (Å²) >= 11 is 12.0. The monoisotopic (exact) mass is 411 g/mol. The average Bonchev–Trinajstić information content (AvgIpc) is 3.07. The van der Waals surface area contributed by atoms with Crippen LogP contribution < -0.4 is 16.0 Å². The molecule has 0 saturated heterocycles. The van der Waals surface area contributed by atoms with Gasteiger partial charge in [-0.2, -0.15) is 0 Å². The Morgan fingerprint density at radius 1 is 0.929 bits per heavy atom. The Balaban J connectivity index is 1.49. The van der Waals surface area contributed by atoms with E-state index in [0.717, 1.165) is 16.7 Å². The molecule has 7 heteroatoms. The molecule has 0 aromatic heterocycles. The number of urea groups is 1. The summed E-state index contributed by atoms with van der Waals surface area (Å²) in [6, 6.07) is 17.5. The molecule has 140 valence electrons. The van der Waals surface area contributed by atoms with Gasteiger partial charge in [-0.05, 0) is 53.1 Å². The van der Waals surface area contributed by atoms with E-state index >= 15 is 0 Å². The lowest BCUT2D eigenvalue weighted by Crippen LogP contribution is -2.19. The van der Waals surface area contributed by atoms with Gasteiger partial charge in [-0.15, -0.1) is 0 Å². The van der Waals surface area contributed by atoms with Crippen LogP contribution in [-0.2, 0) is 6.54 Å². The smallest absolute Gasteiger partial charge is 0.323 e. The van der Waals surface area contributed by atoms with Gasteiger partial charge in [-0.3, -0.25) is 4.79 Å². The summed E-state index contributed by atoms with van der Waals surface area (Å²) in [6.07, 6.45) is 0. The standard InChI is InChI=1S/C21H15Cl2N3O2/c22-13-6-9-18(23)19(10-13)26-21(28)25-14-7-4-12(5-8-14)15-2-1-3-16-17(15)11-24-20(16)27/h1-10H,11H2,(H,24,27)(H2,25,26,28). The van der Waals surface area contributed by atoms with Crippen molar-refractivity contribution >= 4 is 46.5 Å². The average molecular weight is 412 g/mol. The van der Waals surface area contributed by atoms with Crippen LogP contribution in [0.4, 0.5) is 16.2 Å². The number of carbonyl (C=O) groups is 2. The van der Waals surface area contributed by atoms with E-state index in [2.05, 4.69) is 16.0 Å². The third-order valence-electron chi connectivity index (χ3n) is 4.48. The first-order valence-electron chi connectivity index (χ1n) is 8.55. The summed E-state index contributed by atoms with van der Waals surface area (Å²) in [5.41, 5.74) is 4.72. The van der Waals surface area contributed by atoms with Crippen molar-refractivity contribution in [2.45, 2.75) is 6.54 Å². The van der Waals surface area contributed by atoms with E-state index in [1.54, 1.807) is 30.3 Å². The molecular weight excluding hydrogens is 397 g/mol. The number of carbonyl (C=O) groups excluding carboxylic acids is 2. The van der Waals surface area contributed by atoms with Gasteiger partial charge in [0.1, 0.15) is 0 Å². The molecule has 0 aliphatic carbocycles. The minimum atomic E-state index is -0.424. The van der Waals surface area contributed by atoms with E-state index in [-0.39, 0.29) is 5.91 Å². The largest absolute Gasteiger partial charge is 0.348 e. The van der Waals surface area contributed by atoms with Crippen LogP contribution in [0.5, 0.6) is 0 Å². The minimum absolute atomic E-state index is 0.0496. The molecule has 0 unspecified atom stereocenters. The molecule has 3 aromatic rings. The number of hydrogen-bond donors (Lipinski definition) is 3. The lowest BCUT2D eigenvalue weighted by Gasteiger charge is -2.11. The Labute approximate surface area is 171 Å². The quantitative estimate of drug-likeness (QED) is 0.528. The maximum Gasteiger partial charge on any atom is 0.323 e. The van der Waals surface area contributed by atoms with Crippen molar-refractivity contribution in [3.63, 3.8) is 0 Å². The number of amides is 3. The van der Waals surface area contributed by atoms with Gasteiger partial charge in [0.15, 0.2) is 0 Å². The number of halogens is 2. The van der Waals surface area contributed by atoms with Gasteiger partial charge in [0, 0.05) is 22.8 Å². The van der Waals surface area contributed by atoms with Gasteiger partial charge in [0.2, 0.25) is 0 Å². The summed E-state index contributed by atoms with van der Waals surface area (Å²) in [4.78, 5) is 24.1. The van der Waals surface area contributed by atoms with Gasteiger partial charge in [-0.1, -0.05) is 47.5 Å². The van der Waals surface area contributed by atoms with Gasteiger partial charge >= 0.3 is 6.03 Å². The van der Waals surface area contributed by atoms with Crippen molar-refractivity contribution in [1.82, 2.24) is 5.32 Å². The molecule has 1 aliphatic rings. The maximum atomic E-state index is 12.2. The molecule has 1 heterocycles. The van der Waals surface area contributed by atoms with E-state index < -0.39 is 6.03 Å². The molecule has 0 bridgehead atoms. The molecule has 0 saturated carbocycles. The summed E-state index contributed by atoms with van der Waals surface area (Å²) in [6.45, 7) is 0.521. The second-order valence-electron chi connectivity index (χ2n) is 6.30. The highest BCUT2D eigenvalue weighted by Gasteiger charge is 2.21. The zero-order valence-electron chi connectivity index (χ0n) is 14.6. The van der Waals surface area contributed by atoms with Gasteiger partial charge in [-0.25, -0.2) is 4.79 Å². The van der Waals surface area contributed by atoms with Crippen LogP contribution in [0.3, 0.4) is 0 Å². The molecular formula is C21H15Cl2N3O2. The second kappa shape index (κ2) is 7.54. The van der Waals surface area contributed by atoms with Crippen molar-refractivity contribution in [3.05, 3.63) is 81.8 Å². The molecule has 28 heavy (non-hydrogen) atoms. The Kier molecular flexibility index (Phi) is 4.94. The van der Waals surface area contributed by atoms with Crippen LogP contribution in [0.25, 0.3) is 11.1 Å². The van der Waals surface area contributed by atoms with Crippen molar-refractivity contribution in [2.24, 2.45) is 0 Å². The lowest BCUT2D eigenvalue weighted by atomic mass is 9.97. The highest BCUT2D eigenvalue weighted by atomic mass is 35.5. The fourth-order valence-electron chi connectivity index (χ4n) is 3.14. The van der Waals surface area contributed by atoms with Crippen LogP contribution in [0.15, 0.2) is 60.7 Å². The minimum Gasteiger partial charge on any atom is -0.348 e. The first-order valence-corrected chi connectivity index (χ1v) is 9.30. The fourth-order valence-corrected chi connectivity index (χ4v) is 3.47. The SMILES string of the molecule is O=C(Nc1ccc(-c2cccc3c2CNC3=O)cc1)Nc1cc(Cl)ccc1Cl. The van der Waals surface area contributed by atoms with E-state index in [4.69, 9.17) is 23.2 Å². The topological polar surface area (TPSA) is 70.2 Å². The highest BCUT2D eigenvalue weighted by molar-refractivity contribution is 6.35. The number of hydrogen-bond acceptors (Lipinski definition) is 2. The van der Waals surface area contributed by atoms with Crippen molar-refractivity contribution < 1.29 is 9.59 Å². The molecule has 0 spiro atoms. The number of fused-ring (bicyclic) bond motifs is 1. The third kappa shape index (κ3) is 3.67. The molecule has 3 aromatic carbocycles. The number of nitrogens with one attached hydrogen (secondary N) is 3. The maximum absolute atomic E-state index is 12.2. The summed E-state index contributed by atoms with van der Waals surface area (Å²) in [5, 5.41) is 9.15. The van der Waals surface area contributed by atoms with E-state index in [0.29, 0.717) is 33.5 Å². The molecule has 0 atom stereocenters. The van der Waals surface area contributed by atoms with Crippen molar-refractivity contribution in [2.75, 3.05) is 10.6 Å². The van der Waals surface area contributed by atoms with Crippen LogP contribution in [0.2, 0.25) is 10.0 Å². The van der Waals surface area contributed by atoms with Gasteiger partial charge in [0.05, 0.1) is 10.7 Å². The zero-order valence-corrected chi connectivity index (χ0v) is 16.1. The second-order valence-corrected chi connectivity index (χ2v) is 7.14. The molecule has 1 aliphatic heterocycles. The summed E-state index contributed by atoms with van der Waals surface area (Å²) in [5.74, 6) is -0.0496. The summed E-state index contributed by atoms with van der Waals surface area (Å²) < 4.78 is 0. The Bertz CT molecular complexity index is 1080. The number of rotatable bonds is 3. The van der Waals surface area contributed by atoms with Crippen LogP contribution in [0, 0.1) is 0 Å². The van der Waals surface area contributed by atoms with E-state index in [1.165, 1.54) is 0 Å². The predicted octanol–water partition coefficient (Wildman–Crippen LogP) is 5.55. The first-order chi connectivity index (χ1) is 13.5. The zero-order chi connectivity index (χ0) is 19.7. The Hall–Kier alpha value is -3.02. The summed E-state index contributed by atoms with van der Waals surface area (Å²) in [7, 11) is 0. The molecule has 3 N–H and O–H groups in total. The van der Waals surface area contributed by atoms with Gasteiger partial charge in [0.25, 0.3) is 5.91 Å². The molecule has 5 nitrogen and oxygen atoms in total. The highest BCUT2D eigenvalue weighted by Crippen LogP contribution is 2.30.